The molecule has 2 aromatic rings. The second-order valence-electron chi connectivity index (χ2n) is 5.79. The maximum atomic E-state index is 12.0. The van der Waals surface area contributed by atoms with Gasteiger partial charge in [0.25, 0.3) is 5.91 Å². The Morgan fingerprint density at radius 3 is 2.79 bits per heavy atom. The molecule has 1 unspecified atom stereocenters. The van der Waals surface area contributed by atoms with Gasteiger partial charge >= 0.3 is 0 Å². The third kappa shape index (κ3) is 4.19. The number of ether oxygens (including phenoxy) is 1. The second-order valence-corrected chi connectivity index (χ2v) is 6.86. The fourth-order valence-corrected chi connectivity index (χ4v) is 3.29. The Morgan fingerprint density at radius 2 is 2.17 bits per heavy atom. The van der Waals surface area contributed by atoms with Crippen LogP contribution >= 0.6 is 11.3 Å². The predicted octanol–water partition coefficient (Wildman–Crippen LogP) is 2.10. The van der Waals surface area contributed by atoms with Crippen molar-refractivity contribution in [2.45, 2.75) is 32.7 Å². The van der Waals surface area contributed by atoms with E-state index in [1.807, 2.05) is 25.3 Å². The molecule has 8 heteroatoms. The van der Waals surface area contributed by atoms with Crippen molar-refractivity contribution in [3.05, 3.63) is 28.2 Å². The first-order valence-corrected chi connectivity index (χ1v) is 8.92. The summed E-state index contributed by atoms with van der Waals surface area (Å²) in [4.78, 5) is 18.5. The molecule has 1 saturated heterocycles. The third-order valence-electron chi connectivity index (χ3n) is 3.87. The number of nitrogens with zero attached hydrogens (tertiary/aromatic N) is 4. The van der Waals surface area contributed by atoms with Gasteiger partial charge in [-0.15, -0.1) is 21.5 Å². The molecule has 1 N–H and O–H groups in total. The summed E-state index contributed by atoms with van der Waals surface area (Å²) < 4.78 is 5.41. The summed E-state index contributed by atoms with van der Waals surface area (Å²) >= 11 is 1.57. The van der Waals surface area contributed by atoms with Crippen molar-refractivity contribution in [3.8, 4) is 5.88 Å². The van der Waals surface area contributed by atoms with Gasteiger partial charge in [-0.2, -0.15) is 0 Å². The number of carbonyl (C=O) groups excluding carboxylic acids is 1. The van der Waals surface area contributed by atoms with Gasteiger partial charge < -0.3 is 15.0 Å². The zero-order valence-electron chi connectivity index (χ0n) is 13.9. The first-order chi connectivity index (χ1) is 11.6. The Morgan fingerprint density at radius 1 is 1.38 bits per heavy atom. The van der Waals surface area contributed by atoms with E-state index in [-0.39, 0.29) is 18.6 Å². The van der Waals surface area contributed by atoms with Crippen molar-refractivity contribution >= 4 is 23.1 Å². The van der Waals surface area contributed by atoms with E-state index in [0.717, 1.165) is 29.6 Å². The highest BCUT2D eigenvalue weighted by Crippen LogP contribution is 2.18. The SMILES string of the molecule is Cc1nc(C(C)NC(=O)COc2ccc(N3CCCC3)nn2)cs1. The highest BCUT2D eigenvalue weighted by molar-refractivity contribution is 7.09. The zero-order chi connectivity index (χ0) is 16.9. The molecule has 128 valence electrons. The average molecular weight is 347 g/mol. The van der Waals surface area contributed by atoms with Gasteiger partial charge in [-0.05, 0) is 32.8 Å². The van der Waals surface area contributed by atoms with Gasteiger partial charge in [0.05, 0.1) is 16.7 Å². The van der Waals surface area contributed by atoms with Crippen LogP contribution in [0, 0.1) is 6.92 Å². The number of anilines is 1. The zero-order valence-corrected chi connectivity index (χ0v) is 14.7. The van der Waals surface area contributed by atoms with E-state index in [9.17, 15) is 4.79 Å². The van der Waals surface area contributed by atoms with E-state index in [4.69, 9.17) is 4.74 Å². The van der Waals surface area contributed by atoms with Crippen LogP contribution in [-0.2, 0) is 4.79 Å². The molecule has 24 heavy (non-hydrogen) atoms. The summed E-state index contributed by atoms with van der Waals surface area (Å²) in [5.74, 6) is 1.00. The fourth-order valence-electron chi connectivity index (χ4n) is 2.58. The van der Waals surface area contributed by atoms with Gasteiger partial charge in [0.1, 0.15) is 0 Å². The van der Waals surface area contributed by atoms with Crippen molar-refractivity contribution in [1.29, 1.82) is 0 Å². The molecular weight excluding hydrogens is 326 g/mol. The maximum absolute atomic E-state index is 12.0. The van der Waals surface area contributed by atoms with Crippen LogP contribution in [0.1, 0.15) is 36.5 Å². The van der Waals surface area contributed by atoms with Crippen molar-refractivity contribution in [1.82, 2.24) is 20.5 Å². The normalized spacial score (nSPS) is 15.3. The molecule has 3 rings (SSSR count). The highest BCUT2D eigenvalue weighted by Gasteiger charge is 2.15. The molecule has 1 atom stereocenters. The minimum absolute atomic E-state index is 0.0921. The number of amides is 1. The molecule has 1 aliphatic rings. The third-order valence-corrected chi connectivity index (χ3v) is 4.66. The quantitative estimate of drug-likeness (QED) is 0.862. The molecule has 0 saturated carbocycles. The van der Waals surface area contributed by atoms with Gasteiger partial charge in [0.15, 0.2) is 12.4 Å². The molecule has 0 spiro atoms. The van der Waals surface area contributed by atoms with Crippen molar-refractivity contribution in [3.63, 3.8) is 0 Å². The number of aryl methyl sites for hydroxylation is 1. The lowest BCUT2D eigenvalue weighted by atomic mass is 10.2. The Balaban J connectivity index is 1.47. The molecule has 0 aliphatic carbocycles. The molecule has 7 nitrogen and oxygen atoms in total. The van der Waals surface area contributed by atoms with Crippen LogP contribution in [-0.4, -0.2) is 40.8 Å². The van der Waals surface area contributed by atoms with Crippen molar-refractivity contribution in [2.24, 2.45) is 0 Å². The standard InChI is InChI=1S/C16H21N5O2S/c1-11(13-10-24-12(2)18-13)17-15(22)9-23-16-6-5-14(19-20-16)21-7-3-4-8-21/h5-6,10-11H,3-4,7-9H2,1-2H3,(H,17,22). The first-order valence-electron chi connectivity index (χ1n) is 8.04. The molecule has 0 radical (unpaired) electrons. The predicted molar refractivity (Wildman–Crippen MR) is 92.4 cm³/mol. The highest BCUT2D eigenvalue weighted by atomic mass is 32.1. The van der Waals surface area contributed by atoms with Crippen LogP contribution in [0.5, 0.6) is 5.88 Å². The fraction of sp³-hybridized carbons (Fsp3) is 0.500. The minimum Gasteiger partial charge on any atom is -0.466 e. The summed E-state index contributed by atoms with van der Waals surface area (Å²) in [5, 5.41) is 14.0. The molecule has 0 bridgehead atoms. The van der Waals surface area contributed by atoms with E-state index in [1.54, 1.807) is 17.4 Å². The topological polar surface area (TPSA) is 80.2 Å². The van der Waals surface area contributed by atoms with E-state index < -0.39 is 0 Å². The molecule has 2 aromatic heterocycles. The van der Waals surface area contributed by atoms with Crippen LogP contribution < -0.4 is 15.0 Å². The Kier molecular flexibility index (Phi) is 5.24. The van der Waals surface area contributed by atoms with E-state index in [2.05, 4.69) is 25.4 Å². The van der Waals surface area contributed by atoms with Crippen LogP contribution in [0.25, 0.3) is 0 Å². The molecular formula is C16H21N5O2S. The van der Waals surface area contributed by atoms with Crippen LogP contribution in [0.3, 0.4) is 0 Å². The number of rotatable bonds is 6. The Hall–Kier alpha value is -2.22. The second kappa shape index (κ2) is 7.57. The summed E-state index contributed by atoms with van der Waals surface area (Å²) in [7, 11) is 0. The van der Waals surface area contributed by atoms with Gasteiger partial charge in [0, 0.05) is 24.5 Å². The summed E-state index contributed by atoms with van der Waals surface area (Å²) in [6, 6.07) is 3.49. The Bertz CT molecular complexity index is 682. The summed E-state index contributed by atoms with van der Waals surface area (Å²) in [6.07, 6.45) is 2.38. The molecule has 1 aliphatic heterocycles. The van der Waals surface area contributed by atoms with Crippen LogP contribution in [0.15, 0.2) is 17.5 Å². The maximum Gasteiger partial charge on any atom is 0.258 e. The number of hydrogen-bond donors (Lipinski definition) is 1. The van der Waals surface area contributed by atoms with Gasteiger partial charge in [-0.3, -0.25) is 4.79 Å². The van der Waals surface area contributed by atoms with Crippen LogP contribution in [0.2, 0.25) is 0 Å². The number of thiazole rings is 1. The summed E-state index contributed by atoms with van der Waals surface area (Å²) in [5.41, 5.74) is 0.862. The number of nitrogens with one attached hydrogen (secondary N) is 1. The van der Waals surface area contributed by atoms with Crippen molar-refractivity contribution in [2.75, 3.05) is 24.6 Å². The van der Waals surface area contributed by atoms with Gasteiger partial charge in [-0.25, -0.2) is 4.98 Å². The first kappa shape index (κ1) is 16.6. The van der Waals surface area contributed by atoms with E-state index in [0.29, 0.717) is 5.88 Å². The smallest absolute Gasteiger partial charge is 0.258 e. The number of aromatic nitrogens is 3. The molecule has 3 heterocycles. The number of carbonyl (C=O) groups is 1. The average Bonchev–Trinajstić information content (AvgIpc) is 3.25. The molecule has 1 fully saturated rings. The Labute approximate surface area is 145 Å². The lowest BCUT2D eigenvalue weighted by Gasteiger charge is -2.15. The largest absolute Gasteiger partial charge is 0.466 e. The van der Waals surface area contributed by atoms with Gasteiger partial charge in [-0.1, -0.05) is 0 Å². The van der Waals surface area contributed by atoms with E-state index in [1.165, 1.54) is 12.8 Å². The summed E-state index contributed by atoms with van der Waals surface area (Å²) in [6.45, 7) is 5.79. The lowest BCUT2D eigenvalue weighted by molar-refractivity contribution is -0.123. The number of hydrogen-bond acceptors (Lipinski definition) is 7. The molecule has 0 aromatic carbocycles. The van der Waals surface area contributed by atoms with Gasteiger partial charge in [0.2, 0.25) is 5.88 Å². The minimum atomic E-state index is -0.210. The van der Waals surface area contributed by atoms with Crippen LogP contribution in [0.4, 0.5) is 5.82 Å². The van der Waals surface area contributed by atoms with Crippen molar-refractivity contribution < 1.29 is 9.53 Å². The van der Waals surface area contributed by atoms with E-state index >= 15 is 0 Å². The lowest BCUT2D eigenvalue weighted by Crippen LogP contribution is -2.31. The molecule has 1 amide bonds. The monoisotopic (exact) mass is 347 g/mol.